The molecule has 0 spiro atoms. The fourth-order valence-electron chi connectivity index (χ4n) is 1.70. The van der Waals surface area contributed by atoms with Crippen LogP contribution in [0.25, 0.3) is 0 Å². The minimum absolute atomic E-state index is 0.561. The Morgan fingerprint density at radius 2 is 2.20 bits per heavy atom. The first-order valence-corrected chi connectivity index (χ1v) is 6.97. The second-order valence-corrected chi connectivity index (χ2v) is 5.09. The summed E-state index contributed by atoms with van der Waals surface area (Å²) < 4.78 is 0. The Hall–Kier alpha value is -0.340. The van der Waals surface area contributed by atoms with Gasteiger partial charge in [0.15, 0.2) is 0 Å². The molecule has 1 aromatic rings. The second-order valence-electron chi connectivity index (χ2n) is 4.31. The molecule has 2 atom stereocenters. The maximum atomic E-state index is 3.64. The van der Waals surface area contributed by atoms with Gasteiger partial charge < -0.3 is 5.32 Å². The Balaban J connectivity index is 2.53. The monoisotopic (exact) mass is 225 g/mol. The first-order valence-electron chi connectivity index (χ1n) is 6.03. The summed E-state index contributed by atoms with van der Waals surface area (Å²) in [6, 6.07) is 2.81. The van der Waals surface area contributed by atoms with Crippen LogP contribution >= 0.6 is 11.3 Å². The molecule has 0 radical (unpaired) electrons. The maximum Gasteiger partial charge on any atom is 0.0331 e. The van der Waals surface area contributed by atoms with E-state index in [1.165, 1.54) is 24.8 Å². The number of hydrogen-bond donors (Lipinski definition) is 1. The zero-order valence-electron chi connectivity index (χ0n) is 10.1. The molecule has 0 saturated heterocycles. The van der Waals surface area contributed by atoms with Crippen LogP contribution in [0, 0.1) is 5.92 Å². The molecule has 0 bridgehead atoms. The van der Waals surface area contributed by atoms with Gasteiger partial charge in [-0.1, -0.05) is 27.2 Å². The Morgan fingerprint density at radius 3 is 2.73 bits per heavy atom. The van der Waals surface area contributed by atoms with Gasteiger partial charge in [-0.2, -0.15) is 11.3 Å². The van der Waals surface area contributed by atoms with Crippen molar-refractivity contribution in [3.8, 4) is 0 Å². The zero-order valence-corrected chi connectivity index (χ0v) is 10.9. The summed E-state index contributed by atoms with van der Waals surface area (Å²) in [5.41, 5.74) is 1.47. The van der Waals surface area contributed by atoms with E-state index in [2.05, 4.69) is 42.9 Å². The molecule has 86 valence electrons. The van der Waals surface area contributed by atoms with Crippen molar-refractivity contribution in [3.05, 3.63) is 22.4 Å². The largest absolute Gasteiger partial charge is 0.310 e. The van der Waals surface area contributed by atoms with Crippen LogP contribution < -0.4 is 5.32 Å². The molecule has 1 rings (SSSR count). The van der Waals surface area contributed by atoms with Crippen molar-refractivity contribution in [1.82, 2.24) is 5.32 Å². The van der Waals surface area contributed by atoms with E-state index in [0.717, 1.165) is 12.5 Å². The molecule has 0 fully saturated rings. The van der Waals surface area contributed by atoms with Crippen molar-refractivity contribution in [2.75, 3.05) is 6.54 Å². The molecule has 0 aliphatic heterocycles. The summed E-state index contributed by atoms with van der Waals surface area (Å²) in [5, 5.41) is 8.09. The van der Waals surface area contributed by atoms with E-state index in [-0.39, 0.29) is 0 Å². The summed E-state index contributed by atoms with van der Waals surface area (Å²) in [6.07, 6.45) is 3.74. The third-order valence-electron chi connectivity index (χ3n) is 2.92. The molecule has 0 saturated carbocycles. The van der Waals surface area contributed by atoms with Crippen LogP contribution in [-0.4, -0.2) is 6.54 Å². The smallest absolute Gasteiger partial charge is 0.0331 e. The van der Waals surface area contributed by atoms with Crippen molar-refractivity contribution in [2.45, 2.75) is 46.1 Å². The predicted octanol–water partition coefficient (Wildman–Crippen LogP) is 4.23. The van der Waals surface area contributed by atoms with E-state index in [1.807, 2.05) is 0 Å². The average Bonchev–Trinajstić information content (AvgIpc) is 2.77. The van der Waals surface area contributed by atoms with Crippen molar-refractivity contribution in [1.29, 1.82) is 0 Å². The van der Waals surface area contributed by atoms with Gasteiger partial charge in [0.2, 0.25) is 0 Å². The van der Waals surface area contributed by atoms with Crippen LogP contribution in [0.4, 0.5) is 0 Å². The molecule has 1 N–H and O–H groups in total. The maximum absolute atomic E-state index is 3.64. The predicted molar refractivity (Wildman–Crippen MR) is 69.4 cm³/mol. The van der Waals surface area contributed by atoms with Gasteiger partial charge in [-0.25, -0.2) is 0 Å². The van der Waals surface area contributed by atoms with Crippen LogP contribution in [0.1, 0.15) is 51.6 Å². The molecule has 0 aliphatic rings. The topological polar surface area (TPSA) is 12.0 Å². The van der Waals surface area contributed by atoms with Gasteiger partial charge in [-0.05, 0) is 47.7 Å². The number of hydrogen-bond acceptors (Lipinski definition) is 2. The Morgan fingerprint density at radius 1 is 1.40 bits per heavy atom. The molecule has 15 heavy (non-hydrogen) atoms. The standard InChI is InChI=1S/C13H23NS/c1-4-7-14-13(9-11(3)5-2)12-6-8-15-10-12/h6,8,10-11,13-14H,4-5,7,9H2,1-3H3. The van der Waals surface area contributed by atoms with Crippen LogP contribution in [0.15, 0.2) is 16.8 Å². The molecule has 1 heterocycles. The van der Waals surface area contributed by atoms with E-state index in [4.69, 9.17) is 0 Å². The highest BCUT2D eigenvalue weighted by Gasteiger charge is 2.13. The van der Waals surface area contributed by atoms with Crippen LogP contribution in [0.5, 0.6) is 0 Å². The minimum atomic E-state index is 0.561. The first-order chi connectivity index (χ1) is 7.27. The molecular formula is C13H23NS. The van der Waals surface area contributed by atoms with Gasteiger partial charge >= 0.3 is 0 Å². The average molecular weight is 225 g/mol. The van der Waals surface area contributed by atoms with E-state index in [9.17, 15) is 0 Å². The minimum Gasteiger partial charge on any atom is -0.310 e. The number of rotatable bonds is 7. The summed E-state index contributed by atoms with van der Waals surface area (Å²) >= 11 is 1.80. The van der Waals surface area contributed by atoms with E-state index < -0.39 is 0 Å². The van der Waals surface area contributed by atoms with Crippen molar-refractivity contribution >= 4 is 11.3 Å². The fraction of sp³-hybridized carbons (Fsp3) is 0.692. The highest BCUT2D eigenvalue weighted by molar-refractivity contribution is 7.07. The van der Waals surface area contributed by atoms with Gasteiger partial charge in [0.1, 0.15) is 0 Å². The third-order valence-corrected chi connectivity index (χ3v) is 3.62. The van der Waals surface area contributed by atoms with Crippen molar-refractivity contribution in [3.63, 3.8) is 0 Å². The lowest BCUT2D eigenvalue weighted by Gasteiger charge is -2.20. The number of thiophene rings is 1. The normalized spacial score (nSPS) is 15.1. The molecular weight excluding hydrogens is 202 g/mol. The van der Waals surface area contributed by atoms with Crippen LogP contribution in [-0.2, 0) is 0 Å². The van der Waals surface area contributed by atoms with E-state index >= 15 is 0 Å². The fourth-order valence-corrected chi connectivity index (χ4v) is 2.41. The summed E-state index contributed by atoms with van der Waals surface area (Å²) in [7, 11) is 0. The Labute approximate surface area is 97.9 Å². The summed E-state index contributed by atoms with van der Waals surface area (Å²) in [4.78, 5) is 0. The van der Waals surface area contributed by atoms with E-state index in [0.29, 0.717) is 6.04 Å². The summed E-state index contributed by atoms with van der Waals surface area (Å²) in [5.74, 6) is 0.805. The second kappa shape index (κ2) is 7.02. The van der Waals surface area contributed by atoms with Gasteiger partial charge in [0.25, 0.3) is 0 Å². The Kier molecular flexibility index (Phi) is 5.96. The summed E-state index contributed by atoms with van der Waals surface area (Å²) in [6.45, 7) is 7.96. The molecule has 1 nitrogen and oxygen atoms in total. The molecule has 0 amide bonds. The highest BCUT2D eigenvalue weighted by Crippen LogP contribution is 2.24. The Bertz CT molecular complexity index is 243. The van der Waals surface area contributed by atoms with Crippen molar-refractivity contribution in [2.24, 2.45) is 5.92 Å². The molecule has 0 aliphatic carbocycles. The highest BCUT2D eigenvalue weighted by atomic mass is 32.1. The molecule has 2 heteroatoms. The molecule has 2 unspecified atom stereocenters. The van der Waals surface area contributed by atoms with Crippen LogP contribution in [0.2, 0.25) is 0 Å². The molecule has 0 aromatic carbocycles. The van der Waals surface area contributed by atoms with Gasteiger partial charge in [0.05, 0.1) is 0 Å². The SMILES string of the molecule is CCCNC(CC(C)CC)c1ccsc1. The first kappa shape index (κ1) is 12.7. The lowest BCUT2D eigenvalue weighted by molar-refractivity contribution is 0.403. The van der Waals surface area contributed by atoms with Crippen LogP contribution in [0.3, 0.4) is 0 Å². The van der Waals surface area contributed by atoms with Gasteiger partial charge in [0, 0.05) is 6.04 Å². The van der Waals surface area contributed by atoms with Gasteiger partial charge in [-0.15, -0.1) is 0 Å². The molecule has 1 aromatic heterocycles. The van der Waals surface area contributed by atoms with E-state index in [1.54, 1.807) is 11.3 Å². The number of nitrogens with one attached hydrogen (secondary N) is 1. The van der Waals surface area contributed by atoms with Crippen molar-refractivity contribution < 1.29 is 0 Å². The third kappa shape index (κ3) is 4.35. The lowest BCUT2D eigenvalue weighted by Crippen LogP contribution is -2.23. The zero-order chi connectivity index (χ0) is 11.1. The quantitative estimate of drug-likeness (QED) is 0.732. The van der Waals surface area contributed by atoms with Gasteiger partial charge in [-0.3, -0.25) is 0 Å². The lowest BCUT2D eigenvalue weighted by atomic mass is 9.96.